The average molecular weight is 673 g/mol. The van der Waals surface area contributed by atoms with E-state index in [-0.39, 0.29) is 12.4 Å². The molecule has 0 unspecified atom stereocenters. The Balaban J connectivity index is 0.00000289. The smallest absolute Gasteiger partial charge is 0.180 e. The molecule has 4 rings (SSSR count). The molecule has 0 bridgehead atoms. The normalized spacial score (nSPS) is 10.7. The number of benzene rings is 2. The lowest BCUT2D eigenvalue weighted by molar-refractivity contribution is 0.881. The van der Waals surface area contributed by atoms with Crippen LogP contribution in [0.1, 0.15) is 25.2 Å². The molecule has 0 aliphatic rings. The summed E-state index contributed by atoms with van der Waals surface area (Å²) >= 11 is 4.87. The first-order valence-electron chi connectivity index (χ1n) is 10.1. The standard InChI is InChI=1S/C23H22I2N6.ClH/c1-4-18-20(24)22(21(25)19(5-2)26-18)31(3)15-12-10-14(11-13-15)16-8-6-7-9-17(16)23-27-29-30-28-23;/h6-13H,4-5H2,1-3H3,(H,27,28,29,30);1H. The second-order valence-electron chi connectivity index (χ2n) is 7.09. The van der Waals surface area contributed by atoms with Crippen LogP contribution in [0.2, 0.25) is 0 Å². The molecule has 0 aliphatic carbocycles. The maximum absolute atomic E-state index is 4.87. The van der Waals surface area contributed by atoms with Gasteiger partial charge < -0.3 is 4.90 Å². The number of tetrazole rings is 1. The lowest BCUT2D eigenvalue weighted by Gasteiger charge is -2.25. The van der Waals surface area contributed by atoms with Gasteiger partial charge in [-0.2, -0.15) is 0 Å². The quantitative estimate of drug-likeness (QED) is 0.239. The van der Waals surface area contributed by atoms with Gasteiger partial charge in [0.15, 0.2) is 5.82 Å². The minimum atomic E-state index is 0. The number of anilines is 2. The lowest BCUT2D eigenvalue weighted by atomic mass is 9.99. The Morgan fingerprint density at radius 2 is 1.47 bits per heavy atom. The Kier molecular flexibility index (Phi) is 8.45. The Morgan fingerprint density at radius 3 is 2.00 bits per heavy atom. The summed E-state index contributed by atoms with van der Waals surface area (Å²) < 4.78 is 2.44. The highest BCUT2D eigenvalue weighted by atomic mass is 127. The highest BCUT2D eigenvalue weighted by molar-refractivity contribution is 14.1. The van der Waals surface area contributed by atoms with Gasteiger partial charge in [0, 0.05) is 18.3 Å². The largest absolute Gasteiger partial charge is 0.343 e. The van der Waals surface area contributed by atoms with Crippen LogP contribution in [0.3, 0.4) is 0 Å². The highest BCUT2D eigenvalue weighted by Crippen LogP contribution is 2.37. The molecule has 2 aromatic heterocycles. The fourth-order valence-electron chi connectivity index (χ4n) is 3.60. The van der Waals surface area contributed by atoms with Crippen molar-refractivity contribution < 1.29 is 0 Å². The molecule has 0 fully saturated rings. The predicted octanol–water partition coefficient (Wildman–Crippen LogP) is 6.45. The van der Waals surface area contributed by atoms with Crippen LogP contribution < -0.4 is 4.90 Å². The van der Waals surface area contributed by atoms with E-state index >= 15 is 0 Å². The van der Waals surface area contributed by atoms with Gasteiger partial charge in [-0.25, -0.2) is 5.10 Å². The van der Waals surface area contributed by atoms with Crippen molar-refractivity contribution in [3.63, 3.8) is 0 Å². The van der Waals surface area contributed by atoms with Crippen LogP contribution >= 0.6 is 57.6 Å². The first-order valence-corrected chi connectivity index (χ1v) is 12.2. The fourth-order valence-corrected chi connectivity index (χ4v) is 6.39. The summed E-state index contributed by atoms with van der Waals surface area (Å²) in [5.74, 6) is 0.664. The highest BCUT2D eigenvalue weighted by Gasteiger charge is 2.19. The van der Waals surface area contributed by atoms with E-state index in [9.17, 15) is 0 Å². The number of hydrogen-bond acceptors (Lipinski definition) is 5. The molecule has 1 N–H and O–H groups in total. The van der Waals surface area contributed by atoms with E-state index in [1.54, 1.807) is 0 Å². The predicted molar refractivity (Wildman–Crippen MR) is 149 cm³/mol. The maximum atomic E-state index is 4.87. The zero-order chi connectivity index (χ0) is 22.0. The molecule has 0 spiro atoms. The number of nitrogens with zero attached hydrogens (tertiary/aromatic N) is 5. The van der Waals surface area contributed by atoms with Crippen molar-refractivity contribution in [3.8, 4) is 22.5 Å². The van der Waals surface area contributed by atoms with Crippen LogP contribution in [-0.4, -0.2) is 32.7 Å². The third-order valence-corrected chi connectivity index (χ3v) is 7.56. The monoisotopic (exact) mass is 672 g/mol. The van der Waals surface area contributed by atoms with Gasteiger partial charge in [-0.05, 0) is 91.7 Å². The van der Waals surface area contributed by atoms with Gasteiger partial charge in [0.25, 0.3) is 0 Å². The Labute approximate surface area is 221 Å². The summed E-state index contributed by atoms with van der Waals surface area (Å²) in [6, 6.07) is 16.8. The number of H-pyrrole nitrogens is 1. The number of hydrogen-bond donors (Lipinski definition) is 1. The Hall–Kier alpha value is -1.79. The van der Waals surface area contributed by atoms with Crippen molar-refractivity contribution in [1.82, 2.24) is 25.6 Å². The van der Waals surface area contributed by atoms with Gasteiger partial charge in [-0.1, -0.05) is 50.2 Å². The molecular weight excluding hydrogens is 650 g/mol. The van der Waals surface area contributed by atoms with E-state index < -0.39 is 0 Å². The third-order valence-electron chi connectivity index (χ3n) is 5.29. The second-order valence-corrected chi connectivity index (χ2v) is 9.25. The summed E-state index contributed by atoms with van der Waals surface area (Å²) in [6.07, 6.45) is 1.85. The minimum Gasteiger partial charge on any atom is -0.343 e. The van der Waals surface area contributed by atoms with Crippen LogP contribution in [0.5, 0.6) is 0 Å². The number of aromatic amines is 1. The molecule has 0 radical (unpaired) electrons. The molecule has 166 valence electrons. The molecule has 2 aromatic carbocycles. The maximum Gasteiger partial charge on any atom is 0.180 e. The summed E-state index contributed by atoms with van der Waals surface area (Å²) in [4.78, 5) is 7.14. The molecule has 0 saturated heterocycles. The van der Waals surface area contributed by atoms with Crippen molar-refractivity contribution >= 4 is 69.0 Å². The molecule has 0 atom stereocenters. The zero-order valence-electron chi connectivity index (χ0n) is 17.9. The molecule has 9 heteroatoms. The van der Waals surface area contributed by atoms with Crippen LogP contribution in [0.4, 0.5) is 11.4 Å². The summed E-state index contributed by atoms with van der Waals surface area (Å²) in [6.45, 7) is 4.33. The lowest BCUT2D eigenvalue weighted by Crippen LogP contribution is -2.16. The number of rotatable bonds is 6. The Bertz CT molecular complexity index is 1170. The molecule has 6 nitrogen and oxygen atoms in total. The van der Waals surface area contributed by atoms with Gasteiger partial charge in [-0.15, -0.1) is 17.5 Å². The van der Waals surface area contributed by atoms with E-state index in [0.29, 0.717) is 5.82 Å². The number of aryl methyl sites for hydroxylation is 2. The molecule has 0 aliphatic heterocycles. The average Bonchev–Trinajstić information content (AvgIpc) is 3.34. The molecule has 2 heterocycles. The van der Waals surface area contributed by atoms with Gasteiger partial charge in [0.05, 0.1) is 24.2 Å². The van der Waals surface area contributed by atoms with Crippen LogP contribution in [0.25, 0.3) is 22.5 Å². The van der Waals surface area contributed by atoms with E-state index in [0.717, 1.165) is 46.6 Å². The zero-order valence-corrected chi connectivity index (χ0v) is 23.1. The van der Waals surface area contributed by atoms with Crippen LogP contribution in [0.15, 0.2) is 48.5 Å². The number of aromatic nitrogens is 5. The summed E-state index contributed by atoms with van der Waals surface area (Å²) in [5.41, 5.74) is 7.86. The van der Waals surface area contributed by atoms with E-state index in [1.807, 2.05) is 18.2 Å². The van der Waals surface area contributed by atoms with Gasteiger partial charge in [-0.3, -0.25) is 4.98 Å². The third kappa shape index (κ3) is 4.76. The molecule has 0 saturated carbocycles. The first kappa shape index (κ1) is 24.8. The number of halogens is 3. The Morgan fingerprint density at radius 1 is 0.875 bits per heavy atom. The fraction of sp³-hybridized carbons (Fsp3) is 0.217. The molecule has 32 heavy (non-hydrogen) atoms. The first-order chi connectivity index (χ1) is 15.0. The van der Waals surface area contributed by atoms with E-state index in [1.165, 1.54) is 12.8 Å². The van der Waals surface area contributed by atoms with Crippen molar-refractivity contribution in [3.05, 3.63) is 67.1 Å². The second kappa shape index (κ2) is 10.9. The van der Waals surface area contributed by atoms with E-state index in [2.05, 4.69) is 122 Å². The van der Waals surface area contributed by atoms with Crippen LogP contribution in [-0.2, 0) is 12.8 Å². The van der Waals surface area contributed by atoms with Crippen LogP contribution in [0, 0.1) is 7.14 Å². The van der Waals surface area contributed by atoms with Gasteiger partial charge >= 0.3 is 0 Å². The SMILES string of the molecule is CCc1nc(CC)c(I)c(N(C)c2ccc(-c3ccccc3-c3nnn[nH]3)cc2)c1I.Cl. The van der Waals surface area contributed by atoms with Crippen molar-refractivity contribution in [2.45, 2.75) is 26.7 Å². The minimum absolute atomic E-state index is 0. The van der Waals surface area contributed by atoms with Crippen molar-refractivity contribution in [1.29, 1.82) is 0 Å². The van der Waals surface area contributed by atoms with Crippen molar-refractivity contribution in [2.75, 3.05) is 11.9 Å². The number of nitrogens with one attached hydrogen (secondary N) is 1. The van der Waals surface area contributed by atoms with E-state index in [4.69, 9.17) is 4.98 Å². The van der Waals surface area contributed by atoms with Gasteiger partial charge in [0.1, 0.15) is 0 Å². The summed E-state index contributed by atoms with van der Waals surface area (Å²) in [7, 11) is 2.13. The molecular formula is C23H23ClI2N6. The summed E-state index contributed by atoms with van der Waals surface area (Å²) in [5, 5.41) is 14.4. The number of pyridine rings is 1. The molecule has 0 amide bonds. The topological polar surface area (TPSA) is 70.6 Å². The molecule has 4 aromatic rings. The van der Waals surface area contributed by atoms with Gasteiger partial charge in [0.2, 0.25) is 0 Å². The van der Waals surface area contributed by atoms with Crippen molar-refractivity contribution in [2.24, 2.45) is 0 Å².